The smallest absolute Gasteiger partial charge is 0.161 e. The van der Waals surface area contributed by atoms with Crippen LogP contribution in [0.2, 0.25) is 0 Å². The van der Waals surface area contributed by atoms with Crippen LogP contribution < -0.4 is 10.6 Å². The van der Waals surface area contributed by atoms with Gasteiger partial charge in [-0.25, -0.2) is 0 Å². The minimum atomic E-state index is -0.399. The fourth-order valence-electron chi connectivity index (χ4n) is 4.43. The number of aryl methyl sites for hydroxylation is 2. The number of hydrogen-bond donors (Lipinski definition) is 1. The third-order valence-corrected chi connectivity index (χ3v) is 8.53. The van der Waals surface area contributed by atoms with Gasteiger partial charge in [-0.3, -0.25) is 9.69 Å². The molecule has 2 aromatic rings. The highest BCUT2D eigenvalue weighted by atomic mass is 79.9. The van der Waals surface area contributed by atoms with Gasteiger partial charge in [0.05, 0.1) is 27.5 Å². The number of Topliss-reactive ketones (excluding diaryl/α,β-unsaturated/α-hetero) is 1. The summed E-state index contributed by atoms with van der Waals surface area (Å²) in [5.74, 6) is 0.137. The molecule has 1 aliphatic heterocycles. The fourth-order valence-corrected chi connectivity index (χ4v) is 6.99. The van der Waals surface area contributed by atoms with Crippen molar-refractivity contribution >= 4 is 50.5 Å². The van der Waals surface area contributed by atoms with Crippen molar-refractivity contribution in [1.29, 1.82) is 5.26 Å². The summed E-state index contributed by atoms with van der Waals surface area (Å²) in [6, 6.07) is 10.4. The molecule has 0 spiro atoms. The molecule has 0 saturated carbocycles. The van der Waals surface area contributed by atoms with Gasteiger partial charge in [0, 0.05) is 27.0 Å². The predicted molar refractivity (Wildman–Crippen MR) is 128 cm³/mol. The van der Waals surface area contributed by atoms with Crippen molar-refractivity contribution in [2.75, 3.05) is 11.2 Å². The third kappa shape index (κ3) is 3.31. The third-order valence-electron chi connectivity index (χ3n) is 5.67. The van der Waals surface area contributed by atoms with E-state index in [1.807, 2.05) is 36.3 Å². The monoisotopic (exact) mass is 499 g/mol. The summed E-state index contributed by atoms with van der Waals surface area (Å²) in [6.45, 7) is 4.08. The number of carbonyl (C=O) groups is 1. The van der Waals surface area contributed by atoms with Crippen molar-refractivity contribution in [3.05, 3.63) is 67.4 Å². The van der Waals surface area contributed by atoms with Crippen LogP contribution in [0.5, 0.6) is 0 Å². The van der Waals surface area contributed by atoms with Gasteiger partial charge in [-0.05, 0) is 72.1 Å². The average molecular weight is 500 g/mol. The topological polar surface area (TPSA) is 70.1 Å². The van der Waals surface area contributed by atoms with Crippen LogP contribution in [0.1, 0.15) is 41.2 Å². The van der Waals surface area contributed by atoms with E-state index in [0.29, 0.717) is 17.8 Å². The Morgan fingerprint density at radius 2 is 2.10 bits per heavy atom. The number of carbonyl (C=O) groups excluding carboxylic acids is 1. The van der Waals surface area contributed by atoms with Gasteiger partial charge in [-0.1, -0.05) is 12.1 Å². The maximum absolute atomic E-state index is 13.3. The second-order valence-electron chi connectivity index (χ2n) is 7.53. The van der Waals surface area contributed by atoms with Gasteiger partial charge in [-0.2, -0.15) is 5.26 Å². The van der Waals surface area contributed by atoms with Crippen molar-refractivity contribution in [1.82, 2.24) is 0 Å². The Morgan fingerprint density at radius 3 is 2.77 bits per heavy atom. The zero-order valence-corrected chi connectivity index (χ0v) is 20.3. The zero-order valence-electron chi connectivity index (χ0n) is 17.1. The van der Waals surface area contributed by atoms with Gasteiger partial charge in [0.2, 0.25) is 0 Å². The number of halogens is 1. The zero-order chi connectivity index (χ0) is 21.6. The minimum absolute atomic E-state index is 0.118. The summed E-state index contributed by atoms with van der Waals surface area (Å²) in [5, 5.41) is 10.2. The van der Waals surface area contributed by atoms with Crippen molar-refractivity contribution in [3.63, 3.8) is 0 Å². The first-order chi connectivity index (χ1) is 14.4. The van der Waals surface area contributed by atoms with E-state index in [0.717, 1.165) is 49.6 Å². The lowest BCUT2D eigenvalue weighted by Crippen LogP contribution is -2.39. The van der Waals surface area contributed by atoms with Gasteiger partial charge >= 0.3 is 0 Å². The van der Waals surface area contributed by atoms with Crippen molar-refractivity contribution in [3.8, 4) is 6.07 Å². The van der Waals surface area contributed by atoms with Crippen LogP contribution in [0.4, 0.5) is 5.69 Å². The number of nitrogens with zero attached hydrogens (tertiary/aromatic N) is 2. The molecular weight excluding hydrogens is 478 g/mol. The second-order valence-corrected chi connectivity index (χ2v) is 10.7. The van der Waals surface area contributed by atoms with E-state index in [9.17, 15) is 10.1 Å². The number of nitrogens with two attached hydrogens (primary N) is 1. The van der Waals surface area contributed by atoms with Gasteiger partial charge in [-0.15, -0.1) is 23.1 Å². The average Bonchev–Trinajstić information content (AvgIpc) is 3.09. The Morgan fingerprint density at radius 1 is 1.33 bits per heavy atom. The molecule has 0 fully saturated rings. The molecule has 30 heavy (non-hydrogen) atoms. The summed E-state index contributed by atoms with van der Waals surface area (Å²) in [6.07, 6.45) is 4.09. The highest BCUT2D eigenvalue weighted by Gasteiger charge is 2.42. The van der Waals surface area contributed by atoms with E-state index < -0.39 is 5.92 Å². The van der Waals surface area contributed by atoms with Gasteiger partial charge in [0.15, 0.2) is 5.78 Å². The van der Waals surface area contributed by atoms with Crippen LogP contribution in [0.3, 0.4) is 0 Å². The lowest BCUT2D eigenvalue weighted by molar-refractivity contribution is -0.116. The Labute approximate surface area is 193 Å². The van der Waals surface area contributed by atoms with Crippen molar-refractivity contribution < 1.29 is 4.79 Å². The maximum Gasteiger partial charge on any atom is 0.161 e. The summed E-state index contributed by atoms with van der Waals surface area (Å²) in [7, 11) is 0. The van der Waals surface area contributed by atoms with Crippen LogP contribution in [-0.4, -0.2) is 12.0 Å². The van der Waals surface area contributed by atoms with Crippen LogP contribution >= 0.6 is 39.0 Å². The Kier molecular flexibility index (Phi) is 5.84. The molecule has 1 aliphatic carbocycles. The number of hydrogen-bond acceptors (Lipinski definition) is 6. The normalized spacial score (nSPS) is 19.2. The SMILES string of the molecule is CSc1sc(C)cc1C1C(C#N)=C(N)N(c2c(C)cccc2Br)C2=C1C(=O)CCC2. The molecule has 0 amide bonds. The van der Waals surface area contributed by atoms with E-state index in [1.165, 1.54) is 4.88 Å². The highest BCUT2D eigenvalue weighted by molar-refractivity contribution is 9.10. The first-order valence-corrected chi connectivity index (χ1v) is 12.6. The van der Waals surface area contributed by atoms with Crippen molar-refractivity contribution in [2.45, 2.75) is 43.2 Å². The number of thiophene rings is 1. The number of allylic oxidation sites excluding steroid dienone is 3. The predicted octanol–water partition coefficient (Wildman–Crippen LogP) is 6.15. The molecule has 1 aromatic heterocycles. The first-order valence-electron chi connectivity index (χ1n) is 9.74. The molecule has 4 nitrogen and oxygen atoms in total. The lowest BCUT2D eigenvalue weighted by Gasteiger charge is -2.40. The fraction of sp³-hybridized carbons (Fsp3) is 0.304. The second kappa shape index (κ2) is 8.26. The summed E-state index contributed by atoms with van der Waals surface area (Å²) in [4.78, 5) is 16.4. The first kappa shape index (κ1) is 21.2. The van der Waals surface area contributed by atoms with Crippen LogP contribution in [0, 0.1) is 25.2 Å². The van der Waals surface area contributed by atoms with Crippen LogP contribution in [0.15, 0.2) is 55.6 Å². The number of rotatable bonds is 3. The molecule has 0 bridgehead atoms. The maximum atomic E-state index is 13.3. The molecule has 4 rings (SSSR count). The van der Waals surface area contributed by atoms with Gasteiger partial charge in [0.25, 0.3) is 0 Å². The molecular formula is C23H22BrN3OS2. The molecule has 2 N–H and O–H groups in total. The number of thioether (sulfide) groups is 1. The van der Waals surface area contributed by atoms with E-state index in [-0.39, 0.29) is 5.78 Å². The molecule has 2 heterocycles. The molecule has 1 aromatic carbocycles. The number of anilines is 1. The number of ketones is 1. The Bertz CT molecular complexity index is 1140. The van der Waals surface area contributed by atoms with Crippen LogP contribution in [-0.2, 0) is 4.79 Å². The van der Waals surface area contributed by atoms with Crippen molar-refractivity contribution in [2.24, 2.45) is 5.73 Å². The molecule has 1 atom stereocenters. The van der Waals surface area contributed by atoms with Crippen LogP contribution in [0.25, 0.3) is 0 Å². The standard InChI is InChI=1S/C23H22BrN3OS2/c1-12-6-4-7-16(24)21(12)27-17-8-5-9-18(28)20(17)19(15(11-25)22(27)26)14-10-13(2)30-23(14)29-3/h4,6-7,10,19H,5,8-9,26H2,1-3H3. The molecule has 1 unspecified atom stereocenters. The summed E-state index contributed by atoms with van der Waals surface area (Å²) < 4.78 is 2.02. The number of para-hydroxylation sites is 1. The van der Waals surface area contributed by atoms with E-state index >= 15 is 0 Å². The molecule has 2 aliphatic rings. The number of benzene rings is 1. The summed E-state index contributed by atoms with van der Waals surface area (Å²) in [5.41, 5.74) is 11.8. The van der Waals surface area contributed by atoms with E-state index in [2.05, 4.69) is 35.0 Å². The van der Waals surface area contributed by atoms with Gasteiger partial charge < -0.3 is 5.73 Å². The largest absolute Gasteiger partial charge is 0.384 e. The Balaban J connectivity index is 2.04. The molecule has 7 heteroatoms. The quantitative estimate of drug-likeness (QED) is 0.512. The lowest BCUT2D eigenvalue weighted by atomic mass is 9.76. The molecule has 0 saturated heterocycles. The number of nitriles is 1. The summed E-state index contributed by atoms with van der Waals surface area (Å²) >= 11 is 7.01. The minimum Gasteiger partial charge on any atom is -0.384 e. The van der Waals surface area contributed by atoms with Gasteiger partial charge in [0.1, 0.15) is 5.82 Å². The Hall–Kier alpha value is -2.01. The van der Waals surface area contributed by atoms with E-state index in [1.54, 1.807) is 23.1 Å². The highest BCUT2D eigenvalue weighted by Crippen LogP contribution is 2.50. The molecule has 154 valence electrons. The van der Waals surface area contributed by atoms with E-state index in [4.69, 9.17) is 5.73 Å². The molecule has 0 radical (unpaired) electrons.